The smallest absolute Gasteiger partial charge is 0.323 e. The molecule has 0 radical (unpaired) electrons. The SMILES string of the molecule is CCOc1ccccc1NC(=O)N/C=C/C1CCCC1. The predicted molar refractivity (Wildman–Crippen MR) is 80.9 cm³/mol. The highest BCUT2D eigenvalue weighted by atomic mass is 16.5. The van der Waals surface area contributed by atoms with E-state index in [4.69, 9.17) is 4.74 Å². The van der Waals surface area contributed by atoms with Gasteiger partial charge in [-0.1, -0.05) is 31.1 Å². The van der Waals surface area contributed by atoms with Crippen molar-refractivity contribution in [1.29, 1.82) is 0 Å². The molecular weight excluding hydrogens is 252 g/mol. The van der Waals surface area contributed by atoms with Gasteiger partial charge in [0.25, 0.3) is 0 Å². The van der Waals surface area contributed by atoms with Crippen LogP contribution in [0.4, 0.5) is 10.5 Å². The zero-order valence-electron chi connectivity index (χ0n) is 11.9. The molecule has 1 saturated carbocycles. The summed E-state index contributed by atoms with van der Waals surface area (Å²) < 4.78 is 5.46. The number of anilines is 1. The Balaban J connectivity index is 1.84. The molecule has 0 saturated heterocycles. The van der Waals surface area contributed by atoms with E-state index in [0.29, 0.717) is 24.0 Å². The third-order valence-corrected chi connectivity index (χ3v) is 3.42. The van der Waals surface area contributed by atoms with Crippen LogP contribution < -0.4 is 15.4 Å². The Bertz CT molecular complexity index is 465. The fourth-order valence-electron chi connectivity index (χ4n) is 2.42. The summed E-state index contributed by atoms with van der Waals surface area (Å²) >= 11 is 0. The maximum absolute atomic E-state index is 11.8. The van der Waals surface area contributed by atoms with Gasteiger partial charge in [0.2, 0.25) is 0 Å². The molecule has 1 aromatic rings. The van der Waals surface area contributed by atoms with Crippen molar-refractivity contribution in [2.45, 2.75) is 32.6 Å². The van der Waals surface area contributed by atoms with Gasteiger partial charge < -0.3 is 15.4 Å². The molecule has 0 aliphatic heterocycles. The minimum atomic E-state index is -0.244. The maximum atomic E-state index is 11.8. The summed E-state index contributed by atoms with van der Waals surface area (Å²) in [7, 11) is 0. The molecule has 0 atom stereocenters. The van der Waals surface area contributed by atoms with Crippen LogP contribution in [0, 0.1) is 5.92 Å². The number of urea groups is 1. The van der Waals surface area contributed by atoms with Gasteiger partial charge in [0.1, 0.15) is 5.75 Å². The fraction of sp³-hybridized carbons (Fsp3) is 0.438. The number of hydrogen-bond donors (Lipinski definition) is 2. The van der Waals surface area contributed by atoms with Gasteiger partial charge in [0, 0.05) is 6.20 Å². The van der Waals surface area contributed by atoms with Crippen LogP contribution in [-0.2, 0) is 0 Å². The summed E-state index contributed by atoms with van der Waals surface area (Å²) in [5.74, 6) is 1.30. The molecule has 4 heteroatoms. The minimum Gasteiger partial charge on any atom is -0.492 e. The van der Waals surface area contributed by atoms with Crippen molar-refractivity contribution >= 4 is 11.7 Å². The number of carbonyl (C=O) groups excluding carboxylic acids is 1. The highest BCUT2D eigenvalue weighted by Crippen LogP contribution is 2.25. The molecular formula is C16H22N2O2. The summed E-state index contributed by atoms with van der Waals surface area (Å²) in [6.45, 7) is 2.49. The lowest BCUT2D eigenvalue weighted by molar-refractivity contribution is 0.254. The first-order valence-electron chi connectivity index (χ1n) is 7.25. The molecule has 2 N–H and O–H groups in total. The molecule has 2 amide bonds. The summed E-state index contributed by atoms with van der Waals surface area (Å²) in [5.41, 5.74) is 0.682. The van der Waals surface area contributed by atoms with E-state index in [1.807, 2.05) is 31.2 Å². The van der Waals surface area contributed by atoms with Gasteiger partial charge in [0.05, 0.1) is 12.3 Å². The van der Waals surface area contributed by atoms with Crippen LogP contribution in [0.1, 0.15) is 32.6 Å². The lowest BCUT2D eigenvalue weighted by Crippen LogP contribution is -2.24. The largest absolute Gasteiger partial charge is 0.492 e. The zero-order chi connectivity index (χ0) is 14.2. The van der Waals surface area contributed by atoms with E-state index < -0.39 is 0 Å². The van der Waals surface area contributed by atoms with E-state index in [-0.39, 0.29) is 6.03 Å². The Morgan fingerprint density at radius 3 is 2.85 bits per heavy atom. The Labute approximate surface area is 120 Å². The second-order valence-electron chi connectivity index (χ2n) is 4.93. The van der Waals surface area contributed by atoms with Crippen molar-refractivity contribution in [1.82, 2.24) is 5.32 Å². The van der Waals surface area contributed by atoms with E-state index in [1.165, 1.54) is 25.7 Å². The molecule has 0 spiro atoms. The van der Waals surface area contributed by atoms with Crippen molar-refractivity contribution < 1.29 is 9.53 Å². The molecule has 20 heavy (non-hydrogen) atoms. The van der Waals surface area contributed by atoms with Crippen LogP contribution >= 0.6 is 0 Å². The van der Waals surface area contributed by atoms with Crippen molar-refractivity contribution in [3.8, 4) is 5.75 Å². The Morgan fingerprint density at radius 1 is 1.35 bits per heavy atom. The molecule has 0 bridgehead atoms. The third-order valence-electron chi connectivity index (χ3n) is 3.42. The number of nitrogens with one attached hydrogen (secondary N) is 2. The van der Waals surface area contributed by atoms with Crippen LogP contribution in [0.25, 0.3) is 0 Å². The lowest BCUT2D eigenvalue weighted by atomic mass is 10.1. The monoisotopic (exact) mass is 274 g/mol. The van der Waals surface area contributed by atoms with Gasteiger partial charge in [-0.3, -0.25) is 0 Å². The first kappa shape index (κ1) is 14.4. The minimum absolute atomic E-state index is 0.244. The third kappa shape index (κ3) is 4.30. The van der Waals surface area contributed by atoms with E-state index in [1.54, 1.807) is 6.20 Å². The number of para-hydroxylation sites is 2. The van der Waals surface area contributed by atoms with Crippen LogP contribution in [-0.4, -0.2) is 12.6 Å². The molecule has 108 valence electrons. The molecule has 1 aliphatic carbocycles. The first-order chi connectivity index (χ1) is 9.79. The molecule has 0 unspecified atom stereocenters. The molecule has 0 heterocycles. The van der Waals surface area contributed by atoms with Crippen LogP contribution in [0.2, 0.25) is 0 Å². The lowest BCUT2D eigenvalue weighted by Gasteiger charge is -2.11. The van der Waals surface area contributed by atoms with E-state index in [9.17, 15) is 4.79 Å². The molecule has 1 fully saturated rings. The topological polar surface area (TPSA) is 50.4 Å². The summed E-state index contributed by atoms with van der Waals surface area (Å²) in [4.78, 5) is 11.8. The van der Waals surface area contributed by atoms with Gasteiger partial charge in [-0.2, -0.15) is 0 Å². The Hall–Kier alpha value is -1.97. The second-order valence-corrected chi connectivity index (χ2v) is 4.93. The van der Waals surface area contributed by atoms with Gasteiger partial charge in [-0.05, 0) is 37.8 Å². The van der Waals surface area contributed by atoms with E-state index in [2.05, 4.69) is 16.7 Å². The number of benzene rings is 1. The summed E-state index contributed by atoms with van der Waals surface area (Å²) in [6, 6.07) is 7.17. The highest BCUT2D eigenvalue weighted by molar-refractivity contribution is 5.91. The number of ether oxygens (including phenoxy) is 1. The van der Waals surface area contributed by atoms with Gasteiger partial charge in [0.15, 0.2) is 0 Å². The predicted octanol–water partition coefficient (Wildman–Crippen LogP) is 3.91. The number of amides is 2. The first-order valence-corrected chi connectivity index (χ1v) is 7.25. The average Bonchev–Trinajstić information content (AvgIpc) is 2.94. The van der Waals surface area contributed by atoms with Gasteiger partial charge in [-0.15, -0.1) is 0 Å². The van der Waals surface area contributed by atoms with Crippen molar-refractivity contribution in [2.24, 2.45) is 5.92 Å². The standard InChI is InChI=1S/C16H22N2O2/c1-2-20-15-10-6-5-9-14(15)18-16(19)17-12-11-13-7-3-4-8-13/h5-6,9-13H,2-4,7-8H2,1H3,(H2,17,18,19)/b12-11+. The van der Waals surface area contributed by atoms with Crippen LogP contribution in [0.3, 0.4) is 0 Å². The molecule has 2 rings (SSSR count). The van der Waals surface area contributed by atoms with Gasteiger partial charge >= 0.3 is 6.03 Å². The maximum Gasteiger partial charge on any atom is 0.323 e. The van der Waals surface area contributed by atoms with Crippen molar-refractivity contribution in [3.05, 3.63) is 36.5 Å². The Morgan fingerprint density at radius 2 is 2.10 bits per heavy atom. The molecule has 1 aromatic carbocycles. The van der Waals surface area contributed by atoms with Crippen LogP contribution in [0.5, 0.6) is 5.75 Å². The van der Waals surface area contributed by atoms with Crippen LogP contribution in [0.15, 0.2) is 36.5 Å². The zero-order valence-corrected chi connectivity index (χ0v) is 11.9. The number of allylic oxidation sites excluding steroid dienone is 1. The number of carbonyl (C=O) groups is 1. The van der Waals surface area contributed by atoms with Crippen molar-refractivity contribution in [2.75, 3.05) is 11.9 Å². The molecule has 0 aromatic heterocycles. The van der Waals surface area contributed by atoms with E-state index in [0.717, 1.165) is 0 Å². The normalized spacial score (nSPS) is 15.4. The summed E-state index contributed by atoms with van der Waals surface area (Å²) in [6.07, 6.45) is 8.88. The molecule has 4 nitrogen and oxygen atoms in total. The molecule has 1 aliphatic rings. The quantitative estimate of drug-likeness (QED) is 0.855. The highest BCUT2D eigenvalue weighted by Gasteiger charge is 2.11. The van der Waals surface area contributed by atoms with Gasteiger partial charge in [-0.25, -0.2) is 4.79 Å². The number of hydrogen-bond acceptors (Lipinski definition) is 2. The summed E-state index contributed by atoms with van der Waals surface area (Å²) in [5, 5.41) is 5.54. The average molecular weight is 274 g/mol. The second kappa shape index (κ2) is 7.58. The Kier molecular flexibility index (Phi) is 5.47. The van der Waals surface area contributed by atoms with Crippen molar-refractivity contribution in [3.63, 3.8) is 0 Å². The fourth-order valence-corrected chi connectivity index (χ4v) is 2.42. The van der Waals surface area contributed by atoms with E-state index >= 15 is 0 Å². The number of rotatable bonds is 5.